The van der Waals surface area contributed by atoms with Crippen molar-refractivity contribution in [3.63, 3.8) is 0 Å². The Bertz CT molecular complexity index is 814. The van der Waals surface area contributed by atoms with Gasteiger partial charge in [0.1, 0.15) is 0 Å². The minimum absolute atomic E-state index is 0. The maximum absolute atomic E-state index is 12.3. The minimum atomic E-state index is -0.136. The average Bonchev–Trinajstić information content (AvgIpc) is 2.99. The van der Waals surface area contributed by atoms with Crippen molar-refractivity contribution in [3.8, 4) is 0 Å². The first-order chi connectivity index (χ1) is 12.7. The van der Waals surface area contributed by atoms with Gasteiger partial charge in [0.05, 0.1) is 0 Å². The van der Waals surface area contributed by atoms with Crippen LogP contribution in [0.25, 0.3) is 10.8 Å². The van der Waals surface area contributed by atoms with Gasteiger partial charge in [-0.15, -0.1) is 12.4 Å². The molecule has 2 aliphatic heterocycles. The molecule has 2 aromatic carbocycles. The van der Waals surface area contributed by atoms with Gasteiger partial charge < -0.3 is 16.0 Å². The molecule has 4 rings (SSSR count). The minimum Gasteiger partial charge on any atom is -0.353 e. The van der Waals surface area contributed by atoms with E-state index in [0.717, 1.165) is 23.6 Å². The third-order valence-corrected chi connectivity index (χ3v) is 5.49. The number of nitrogens with one attached hydrogen (secondary N) is 3. The second-order valence-electron chi connectivity index (χ2n) is 7.44. The van der Waals surface area contributed by atoms with Gasteiger partial charge in [0.25, 0.3) is 5.91 Å². The maximum Gasteiger partial charge on any atom is 0.251 e. The van der Waals surface area contributed by atoms with E-state index in [0.29, 0.717) is 30.6 Å². The molecule has 3 N–H and O–H groups in total. The topological polar surface area (TPSA) is 70.2 Å². The van der Waals surface area contributed by atoms with E-state index in [2.05, 4.69) is 16.0 Å². The highest BCUT2D eigenvalue weighted by Crippen LogP contribution is 2.26. The number of hydrogen-bond acceptors (Lipinski definition) is 3. The Kier molecular flexibility index (Phi) is 6.34. The van der Waals surface area contributed by atoms with Crippen LogP contribution in [0.4, 0.5) is 0 Å². The van der Waals surface area contributed by atoms with Gasteiger partial charge in [-0.3, -0.25) is 9.59 Å². The highest BCUT2D eigenvalue weighted by atomic mass is 35.5. The van der Waals surface area contributed by atoms with Crippen molar-refractivity contribution in [1.82, 2.24) is 16.0 Å². The van der Waals surface area contributed by atoms with E-state index in [1.165, 1.54) is 12.8 Å². The predicted octanol–water partition coefficient (Wildman–Crippen LogP) is 2.78. The van der Waals surface area contributed by atoms with E-state index in [1.807, 2.05) is 42.5 Å². The van der Waals surface area contributed by atoms with Crippen LogP contribution in [0.15, 0.2) is 42.5 Å². The van der Waals surface area contributed by atoms with Crippen molar-refractivity contribution in [2.24, 2.45) is 0 Å². The van der Waals surface area contributed by atoms with Crippen LogP contribution in [0.5, 0.6) is 0 Å². The smallest absolute Gasteiger partial charge is 0.251 e. The van der Waals surface area contributed by atoms with Gasteiger partial charge in [-0.05, 0) is 48.6 Å². The molecular formula is C21H26ClN3O2. The van der Waals surface area contributed by atoms with Crippen molar-refractivity contribution >= 4 is 35.0 Å². The van der Waals surface area contributed by atoms with Gasteiger partial charge in [-0.1, -0.05) is 30.3 Å². The fraction of sp³-hybridized carbons (Fsp3) is 0.429. The molecule has 2 unspecified atom stereocenters. The highest BCUT2D eigenvalue weighted by molar-refractivity contribution is 5.98. The number of fused-ring (bicyclic) bond motifs is 3. The number of piperidine rings is 1. The number of carbonyl (C=O) groups is 2. The number of halogens is 1. The van der Waals surface area contributed by atoms with Crippen molar-refractivity contribution in [2.75, 3.05) is 6.54 Å². The zero-order chi connectivity index (χ0) is 17.9. The van der Waals surface area contributed by atoms with Gasteiger partial charge in [-0.25, -0.2) is 0 Å². The van der Waals surface area contributed by atoms with Crippen LogP contribution in [-0.2, 0) is 4.79 Å². The Morgan fingerprint density at radius 2 is 1.70 bits per heavy atom. The van der Waals surface area contributed by atoms with Crippen molar-refractivity contribution in [1.29, 1.82) is 0 Å². The van der Waals surface area contributed by atoms with Gasteiger partial charge in [0.15, 0.2) is 0 Å². The number of carbonyl (C=O) groups excluding carboxylic acids is 2. The fourth-order valence-electron chi connectivity index (χ4n) is 4.20. The number of amides is 2. The first kappa shape index (κ1) is 19.6. The number of rotatable bonds is 5. The Morgan fingerprint density at radius 3 is 2.44 bits per heavy atom. The summed E-state index contributed by atoms with van der Waals surface area (Å²) in [5.74, 6) is -0.112. The van der Waals surface area contributed by atoms with E-state index in [-0.39, 0.29) is 30.3 Å². The molecule has 6 heteroatoms. The summed E-state index contributed by atoms with van der Waals surface area (Å²) in [6, 6.07) is 15.0. The Balaban J connectivity index is 0.00000210. The lowest BCUT2D eigenvalue weighted by molar-refractivity contribution is -0.121. The average molecular weight is 388 g/mol. The van der Waals surface area contributed by atoms with Crippen molar-refractivity contribution < 1.29 is 9.59 Å². The molecule has 2 heterocycles. The van der Waals surface area contributed by atoms with Crippen LogP contribution in [0, 0.1) is 0 Å². The molecule has 2 bridgehead atoms. The fourth-order valence-corrected chi connectivity index (χ4v) is 4.20. The van der Waals surface area contributed by atoms with E-state index in [4.69, 9.17) is 0 Å². The van der Waals surface area contributed by atoms with Crippen molar-refractivity contribution in [3.05, 3.63) is 48.0 Å². The lowest BCUT2D eigenvalue weighted by atomic mass is 10.00. The molecule has 0 spiro atoms. The third kappa shape index (κ3) is 4.79. The van der Waals surface area contributed by atoms with E-state index in [9.17, 15) is 9.59 Å². The molecule has 2 aliphatic rings. The Labute approximate surface area is 165 Å². The second kappa shape index (κ2) is 8.72. The summed E-state index contributed by atoms with van der Waals surface area (Å²) in [6.45, 7) is 0.356. The van der Waals surface area contributed by atoms with Gasteiger partial charge in [0, 0.05) is 36.7 Å². The number of benzene rings is 2. The lowest BCUT2D eigenvalue weighted by Crippen LogP contribution is -2.48. The first-order valence-corrected chi connectivity index (χ1v) is 9.50. The zero-order valence-electron chi connectivity index (χ0n) is 15.2. The molecule has 0 radical (unpaired) electrons. The zero-order valence-corrected chi connectivity index (χ0v) is 16.1. The van der Waals surface area contributed by atoms with Gasteiger partial charge in [-0.2, -0.15) is 0 Å². The summed E-state index contributed by atoms with van der Waals surface area (Å²) < 4.78 is 0. The summed E-state index contributed by atoms with van der Waals surface area (Å²) in [5.41, 5.74) is 0.624. The van der Waals surface area contributed by atoms with Crippen LogP contribution < -0.4 is 16.0 Å². The van der Waals surface area contributed by atoms with Gasteiger partial charge in [0.2, 0.25) is 5.91 Å². The molecule has 2 saturated heterocycles. The maximum atomic E-state index is 12.3. The standard InChI is InChI=1S/C21H25N3O2.ClH/c25-20(24-19-12-17-7-8-18(13-19)23-17)9-10-22-21(26)16-6-5-14-3-1-2-4-15(14)11-16;/h1-6,11,17-19,23H,7-10,12-13H2,(H,22,26)(H,24,25);1H. The molecule has 0 aromatic heterocycles. The molecule has 2 atom stereocenters. The predicted molar refractivity (Wildman–Crippen MR) is 109 cm³/mol. The van der Waals surface area contributed by atoms with E-state index >= 15 is 0 Å². The van der Waals surface area contributed by atoms with Gasteiger partial charge >= 0.3 is 0 Å². The molecule has 2 amide bonds. The van der Waals surface area contributed by atoms with Crippen LogP contribution in [0.3, 0.4) is 0 Å². The molecule has 27 heavy (non-hydrogen) atoms. The first-order valence-electron chi connectivity index (χ1n) is 9.50. The molecule has 2 aromatic rings. The molecule has 2 fully saturated rings. The molecular weight excluding hydrogens is 362 g/mol. The summed E-state index contributed by atoms with van der Waals surface area (Å²) in [6.07, 6.45) is 4.80. The van der Waals surface area contributed by atoms with E-state index < -0.39 is 0 Å². The Hall–Kier alpha value is -2.11. The lowest BCUT2D eigenvalue weighted by Gasteiger charge is -2.29. The highest BCUT2D eigenvalue weighted by Gasteiger charge is 2.33. The van der Waals surface area contributed by atoms with Crippen LogP contribution in [-0.4, -0.2) is 36.5 Å². The molecule has 5 nitrogen and oxygen atoms in total. The molecule has 0 aliphatic carbocycles. The van der Waals surface area contributed by atoms with Crippen molar-refractivity contribution in [2.45, 2.75) is 50.2 Å². The monoisotopic (exact) mass is 387 g/mol. The van der Waals surface area contributed by atoms with E-state index in [1.54, 1.807) is 0 Å². The quantitative estimate of drug-likeness (QED) is 0.738. The van der Waals surface area contributed by atoms with Crippen LogP contribution >= 0.6 is 12.4 Å². The Morgan fingerprint density at radius 1 is 1.00 bits per heavy atom. The SMILES string of the molecule is Cl.O=C(CCNC(=O)c1ccc2ccccc2c1)NC1CC2CCC(C1)N2. The summed E-state index contributed by atoms with van der Waals surface area (Å²) in [4.78, 5) is 24.5. The second-order valence-corrected chi connectivity index (χ2v) is 7.44. The van der Waals surface area contributed by atoms with Crippen LogP contribution in [0.2, 0.25) is 0 Å². The van der Waals surface area contributed by atoms with Crippen LogP contribution in [0.1, 0.15) is 42.5 Å². The largest absolute Gasteiger partial charge is 0.353 e. The summed E-state index contributed by atoms with van der Waals surface area (Å²) in [7, 11) is 0. The molecule has 0 saturated carbocycles. The molecule has 144 valence electrons. The summed E-state index contributed by atoms with van der Waals surface area (Å²) >= 11 is 0. The summed E-state index contributed by atoms with van der Waals surface area (Å²) in [5, 5.41) is 11.7. The normalized spacial score (nSPS) is 23.5. The third-order valence-electron chi connectivity index (χ3n) is 5.49. The number of hydrogen-bond donors (Lipinski definition) is 3.